The first kappa shape index (κ1) is 27.3. The van der Waals surface area contributed by atoms with Crippen molar-refractivity contribution in [2.45, 2.75) is 0 Å². The van der Waals surface area contributed by atoms with Crippen molar-refractivity contribution < 1.29 is 0 Å². The molecule has 42 heavy (non-hydrogen) atoms. The van der Waals surface area contributed by atoms with Gasteiger partial charge in [-0.1, -0.05) is 97.1 Å². The van der Waals surface area contributed by atoms with Crippen LogP contribution in [0.25, 0.3) is 68.1 Å². The minimum absolute atomic E-state index is 1.13. The highest BCUT2D eigenvalue weighted by molar-refractivity contribution is 9.11. The van der Waals surface area contributed by atoms with Crippen LogP contribution in [-0.4, -0.2) is 0 Å². The quantitative estimate of drug-likeness (QED) is 0.162. The maximum Gasteiger partial charge on any atom is 0.0704 e. The van der Waals surface area contributed by atoms with E-state index in [9.17, 15) is 0 Å². The molecule has 4 heteroatoms. The molecular formula is C38H24Br2S2. The van der Waals surface area contributed by atoms with E-state index in [1.807, 2.05) is 0 Å². The van der Waals surface area contributed by atoms with E-state index in [0.717, 1.165) is 7.57 Å². The van der Waals surface area contributed by atoms with E-state index in [1.54, 1.807) is 22.7 Å². The summed E-state index contributed by atoms with van der Waals surface area (Å²) in [5, 5.41) is 4.99. The molecule has 0 amide bonds. The number of rotatable bonds is 6. The van der Waals surface area contributed by atoms with Crippen molar-refractivity contribution in [2.75, 3.05) is 0 Å². The Bertz CT molecular complexity index is 1960. The molecule has 0 bridgehead atoms. The molecule has 0 radical (unpaired) electrons. The van der Waals surface area contributed by atoms with Crippen molar-refractivity contribution in [2.24, 2.45) is 0 Å². The summed E-state index contributed by atoms with van der Waals surface area (Å²) < 4.78 is 2.27. The van der Waals surface area contributed by atoms with Crippen LogP contribution in [0.5, 0.6) is 0 Å². The van der Waals surface area contributed by atoms with Gasteiger partial charge in [-0.15, -0.1) is 22.7 Å². The average Bonchev–Trinajstić information content (AvgIpc) is 3.65. The molecule has 0 N–H and O–H groups in total. The van der Waals surface area contributed by atoms with Gasteiger partial charge in [-0.3, -0.25) is 0 Å². The Morgan fingerprint density at radius 3 is 1.26 bits per heavy atom. The topological polar surface area (TPSA) is 0 Å². The predicted molar refractivity (Wildman–Crippen MR) is 194 cm³/mol. The Morgan fingerprint density at radius 2 is 0.833 bits per heavy atom. The van der Waals surface area contributed by atoms with E-state index in [4.69, 9.17) is 0 Å². The zero-order valence-electron chi connectivity index (χ0n) is 22.4. The molecule has 0 unspecified atom stereocenters. The molecule has 202 valence electrons. The largest absolute Gasteiger partial charge is 0.129 e. The maximum atomic E-state index is 3.62. The molecule has 0 atom stereocenters. The van der Waals surface area contributed by atoms with Gasteiger partial charge in [0.15, 0.2) is 0 Å². The van der Waals surface area contributed by atoms with Crippen LogP contribution < -0.4 is 0 Å². The fourth-order valence-corrected chi connectivity index (χ4v) is 8.13. The van der Waals surface area contributed by atoms with Crippen molar-refractivity contribution in [1.82, 2.24) is 0 Å². The molecule has 0 aliphatic rings. The van der Waals surface area contributed by atoms with Gasteiger partial charge in [0.1, 0.15) is 0 Å². The summed E-state index contributed by atoms with van der Waals surface area (Å²) in [6.07, 6.45) is 9.00. The minimum Gasteiger partial charge on any atom is -0.129 e. The molecule has 0 spiro atoms. The van der Waals surface area contributed by atoms with Crippen LogP contribution in [0.4, 0.5) is 0 Å². The highest BCUT2D eigenvalue weighted by atomic mass is 79.9. The predicted octanol–water partition coefficient (Wildman–Crippen LogP) is 13.3. The fourth-order valence-electron chi connectivity index (χ4n) is 5.48. The molecule has 0 aliphatic carbocycles. The molecule has 0 aliphatic heterocycles. The Morgan fingerprint density at radius 1 is 0.405 bits per heavy atom. The average molecular weight is 705 g/mol. The number of hydrogen-bond donors (Lipinski definition) is 0. The lowest BCUT2D eigenvalue weighted by molar-refractivity contribution is 1.57. The summed E-state index contributed by atoms with van der Waals surface area (Å²) in [7, 11) is 0. The first-order valence-electron chi connectivity index (χ1n) is 13.6. The summed E-state index contributed by atoms with van der Waals surface area (Å²) in [6, 6.07) is 43.8. The van der Waals surface area contributed by atoms with Gasteiger partial charge < -0.3 is 0 Å². The smallest absolute Gasteiger partial charge is 0.0704 e. The monoisotopic (exact) mass is 702 g/mol. The van der Waals surface area contributed by atoms with Gasteiger partial charge in [-0.2, -0.15) is 0 Å². The Labute approximate surface area is 270 Å². The van der Waals surface area contributed by atoms with Gasteiger partial charge in [0.25, 0.3) is 0 Å². The van der Waals surface area contributed by atoms with Crippen molar-refractivity contribution in [1.29, 1.82) is 0 Å². The lowest BCUT2D eigenvalue weighted by Crippen LogP contribution is -1.92. The fraction of sp³-hybridized carbons (Fsp3) is 0. The van der Waals surface area contributed by atoms with E-state index < -0.39 is 0 Å². The van der Waals surface area contributed by atoms with Crippen LogP contribution in [0.1, 0.15) is 20.9 Å². The number of fused-ring (bicyclic) bond motifs is 2. The SMILES string of the molecule is Brc1ccc(C=Cc2cc(-c3cccc4ccccc34)c(C=Cc3ccc(Br)s3)cc2-c2cccc3ccccc23)s1. The first-order chi connectivity index (χ1) is 20.6. The van der Waals surface area contributed by atoms with Crippen LogP contribution in [0.15, 0.2) is 129 Å². The van der Waals surface area contributed by atoms with E-state index in [-0.39, 0.29) is 0 Å². The minimum atomic E-state index is 1.13. The van der Waals surface area contributed by atoms with E-state index in [0.29, 0.717) is 0 Å². The molecule has 7 aromatic rings. The van der Waals surface area contributed by atoms with Crippen molar-refractivity contribution in [3.8, 4) is 22.3 Å². The number of halogens is 2. The third-order valence-corrected chi connectivity index (χ3v) is 10.6. The number of hydrogen-bond acceptors (Lipinski definition) is 2. The summed E-state index contributed by atoms with van der Waals surface area (Å²) >= 11 is 10.7. The highest BCUT2D eigenvalue weighted by Gasteiger charge is 2.15. The summed E-state index contributed by atoms with van der Waals surface area (Å²) in [5.41, 5.74) is 7.28. The molecule has 0 fully saturated rings. The Kier molecular flexibility index (Phi) is 7.79. The Hall–Kier alpha value is -3.54. The van der Waals surface area contributed by atoms with Crippen molar-refractivity contribution in [3.63, 3.8) is 0 Å². The zero-order chi connectivity index (χ0) is 28.5. The summed E-state index contributed by atoms with van der Waals surface area (Å²) in [5.74, 6) is 0. The lowest BCUT2D eigenvalue weighted by atomic mass is 9.87. The van der Waals surface area contributed by atoms with Crippen LogP contribution in [-0.2, 0) is 0 Å². The van der Waals surface area contributed by atoms with Crippen LogP contribution >= 0.6 is 54.5 Å². The van der Waals surface area contributed by atoms with Crippen molar-refractivity contribution >= 4 is 100 Å². The number of thiophene rings is 2. The van der Waals surface area contributed by atoms with Crippen LogP contribution in [0.3, 0.4) is 0 Å². The lowest BCUT2D eigenvalue weighted by Gasteiger charge is -2.17. The molecule has 2 aromatic heterocycles. The molecule has 5 aromatic carbocycles. The van der Waals surface area contributed by atoms with E-state index >= 15 is 0 Å². The summed E-state index contributed by atoms with van der Waals surface area (Å²) in [4.78, 5) is 2.43. The second-order valence-electron chi connectivity index (χ2n) is 10.0. The molecular weight excluding hydrogens is 680 g/mol. The third-order valence-electron chi connectivity index (χ3n) is 7.42. The van der Waals surface area contributed by atoms with Crippen LogP contribution in [0.2, 0.25) is 0 Å². The van der Waals surface area contributed by atoms with Crippen LogP contribution in [0, 0.1) is 0 Å². The second kappa shape index (κ2) is 12.0. The summed E-state index contributed by atoms with van der Waals surface area (Å²) in [6.45, 7) is 0. The molecule has 0 saturated heterocycles. The van der Waals surface area contributed by atoms with E-state index in [1.165, 1.54) is 64.7 Å². The maximum absolute atomic E-state index is 3.62. The van der Waals surface area contributed by atoms with Gasteiger partial charge >= 0.3 is 0 Å². The van der Waals surface area contributed by atoms with E-state index in [2.05, 4.69) is 177 Å². The third kappa shape index (κ3) is 5.60. The standard InChI is InChI=1S/C38H24Br2S2/c39-37-21-19-29(41-37)17-15-27-24-36(34-14-6-10-26-8-2-4-12-32(26)34)28(16-18-30-20-22-38(40)42-30)23-35(27)33-13-5-9-25-7-1-3-11-31(25)33/h1-24H. The van der Waals surface area contributed by atoms with Gasteiger partial charge in [-0.05, 0) is 135 Å². The molecule has 7 rings (SSSR count). The molecule has 2 heterocycles. The van der Waals surface area contributed by atoms with Crippen molar-refractivity contribution in [3.05, 3.63) is 150 Å². The van der Waals surface area contributed by atoms with Gasteiger partial charge in [0.2, 0.25) is 0 Å². The normalized spacial score (nSPS) is 11.9. The Balaban J connectivity index is 1.51. The molecule has 0 nitrogen and oxygen atoms in total. The van der Waals surface area contributed by atoms with Gasteiger partial charge in [-0.25, -0.2) is 0 Å². The highest BCUT2D eigenvalue weighted by Crippen LogP contribution is 2.40. The first-order valence-corrected chi connectivity index (χ1v) is 16.9. The van der Waals surface area contributed by atoms with Gasteiger partial charge in [0, 0.05) is 9.75 Å². The van der Waals surface area contributed by atoms with Gasteiger partial charge in [0.05, 0.1) is 7.57 Å². The number of benzene rings is 5. The zero-order valence-corrected chi connectivity index (χ0v) is 27.2. The second-order valence-corrected chi connectivity index (χ2v) is 15.0. The molecule has 0 saturated carbocycles.